The van der Waals surface area contributed by atoms with Crippen molar-refractivity contribution in [1.29, 1.82) is 0 Å². The largest absolute Gasteiger partial charge is 0.460 e. The molecule has 0 heterocycles. The molecule has 0 aliphatic heterocycles. The standard InChI is InChI=1S/C12H17NO2S.C7H8O3S/c1-16-8-7-11(13)12(14)15-9-10-5-3-2-4-6-10;1-6-2-4-7(5-3-6)11(8,9)10/h2-6,11H,7-9,13H2,1H3;2-5H,1H3,(H,8,9,10)/t11-;/m0./s1. The number of ether oxygens (including phenoxy) is 1. The summed E-state index contributed by atoms with van der Waals surface area (Å²) in [6.07, 6.45) is 2.65. The molecule has 6 nitrogen and oxygen atoms in total. The Hall–Kier alpha value is -1.87. The number of esters is 1. The first kappa shape index (κ1) is 23.2. The topological polar surface area (TPSA) is 107 Å². The number of nitrogens with two attached hydrogens (primary N) is 1. The Morgan fingerprint density at radius 3 is 2.26 bits per heavy atom. The second kappa shape index (κ2) is 11.8. The molecular formula is C19H25NO5S2. The van der Waals surface area contributed by atoms with Crippen molar-refractivity contribution in [3.63, 3.8) is 0 Å². The van der Waals surface area contributed by atoms with Crippen LogP contribution in [-0.4, -0.2) is 37.0 Å². The molecule has 0 amide bonds. The summed E-state index contributed by atoms with van der Waals surface area (Å²) in [6.45, 7) is 2.14. The second-order valence-electron chi connectivity index (χ2n) is 5.77. The van der Waals surface area contributed by atoms with Crippen LogP contribution in [0.4, 0.5) is 0 Å². The van der Waals surface area contributed by atoms with Crippen LogP contribution in [0.5, 0.6) is 0 Å². The van der Waals surface area contributed by atoms with Gasteiger partial charge in [-0.05, 0) is 43.0 Å². The van der Waals surface area contributed by atoms with Gasteiger partial charge < -0.3 is 10.5 Å². The van der Waals surface area contributed by atoms with Crippen molar-refractivity contribution >= 4 is 27.8 Å². The Morgan fingerprint density at radius 2 is 1.74 bits per heavy atom. The number of thioether (sulfide) groups is 1. The summed E-state index contributed by atoms with van der Waals surface area (Å²) in [5, 5.41) is 0. The van der Waals surface area contributed by atoms with Crippen LogP contribution in [0.25, 0.3) is 0 Å². The van der Waals surface area contributed by atoms with Gasteiger partial charge in [0.25, 0.3) is 10.1 Å². The van der Waals surface area contributed by atoms with Gasteiger partial charge in [0.15, 0.2) is 0 Å². The molecular weight excluding hydrogens is 386 g/mol. The normalized spacial score (nSPS) is 11.9. The predicted molar refractivity (Wildman–Crippen MR) is 108 cm³/mol. The van der Waals surface area contributed by atoms with Gasteiger partial charge in [-0.15, -0.1) is 0 Å². The average Bonchev–Trinajstić information content (AvgIpc) is 2.65. The van der Waals surface area contributed by atoms with Crippen molar-refractivity contribution in [2.24, 2.45) is 5.73 Å². The van der Waals surface area contributed by atoms with Crippen molar-refractivity contribution in [3.05, 3.63) is 65.7 Å². The van der Waals surface area contributed by atoms with Crippen LogP contribution in [-0.2, 0) is 26.3 Å². The molecule has 0 fully saturated rings. The van der Waals surface area contributed by atoms with E-state index in [2.05, 4.69) is 0 Å². The molecule has 2 rings (SSSR count). The van der Waals surface area contributed by atoms with Gasteiger partial charge in [0.1, 0.15) is 12.6 Å². The lowest BCUT2D eigenvalue weighted by atomic mass is 10.2. The lowest BCUT2D eigenvalue weighted by molar-refractivity contribution is -0.146. The molecule has 0 spiro atoms. The highest BCUT2D eigenvalue weighted by Gasteiger charge is 2.14. The van der Waals surface area contributed by atoms with Crippen LogP contribution >= 0.6 is 11.8 Å². The van der Waals surface area contributed by atoms with Crippen molar-refractivity contribution in [2.45, 2.75) is 30.9 Å². The summed E-state index contributed by atoms with van der Waals surface area (Å²) >= 11 is 1.67. The molecule has 2 aromatic carbocycles. The Kier molecular flexibility index (Phi) is 10.1. The van der Waals surface area contributed by atoms with E-state index < -0.39 is 16.2 Å². The average molecular weight is 412 g/mol. The molecule has 0 saturated carbocycles. The Bertz CT molecular complexity index is 793. The van der Waals surface area contributed by atoms with Crippen LogP contribution in [0, 0.1) is 6.92 Å². The molecule has 0 aromatic heterocycles. The number of hydrogen-bond acceptors (Lipinski definition) is 6. The van der Waals surface area contributed by atoms with Crippen LogP contribution in [0.15, 0.2) is 59.5 Å². The van der Waals surface area contributed by atoms with Crippen molar-refractivity contribution < 1.29 is 22.5 Å². The van der Waals surface area contributed by atoms with Crippen LogP contribution in [0.3, 0.4) is 0 Å². The smallest absolute Gasteiger partial charge is 0.323 e. The fourth-order valence-corrected chi connectivity index (χ4v) is 2.88. The van der Waals surface area contributed by atoms with Crippen LogP contribution in [0.1, 0.15) is 17.5 Å². The number of carbonyl (C=O) groups is 1. The number of carbonyl (C=O) groups excluding carboxylic acids is 1. The predicted octanol–water partition coefficient (Wildman–Crippen LogP) is 3.05. The summed E-state index contributed by atoms with van der Waals surface area (Å²) in [5.41, 5.74) is 7.62. The lowest BCUT2D eigenvalue weighted by Gasteiger charge is -2.10. The Balaban J connectivity index is 0.000000289. The highest BCUT2D eigenvalue weighted by Crippen LogP contribution is 2.08. The molecule has 3 N–H and O–H groups in total. The third kappa shape index (κ3) is 9.58. The summed E-state index contributed by atoms with van der Waals surface area (Å²) in [6, 6.07) is 15.1. The lowest BCUT2D eigenvalue weighted by Crippen LogP contribution is -2.32. The first-order valence-electron chi connectivity index (χ1n) is 8.23. The summed E-state index contributed by atoms with van der Waals surface area (Å²) < 4.78 is 34.7. The second-order valence-corrected chi connectivity index (χ2v) is 8.18. The Labute approximate surface area is 164 Å². The molecule has 1 atom stereocenters. The molecule has 0 aliphatic rings. The fourth-order valence-electron chi connectivity index (χ4n) is 1.91. The summed E-state index contributed by atoms with van der Waals surface area (Å²) in [7, 11) is -4.02. The highest BCUT2D eigenvalue weighted by atomic mass is 32.2. The molecule has 8 heteroatoms. The molecule has 0 aliphatic carbocycles. The summed E-state index contributed by atoms with van der Waals surface area (Å²) in [4.78, 5) is 11.4. The van der Waals surface area contributed by atoms with Gasteiger partial charge in [-0.3, -0.25) is 9.35 Å². The van der Waals surface area contributed by atoms with Crippen LogP contribution < -0.4 is 5.73 Å². The first-order chi connectivity index (χ1) is 12.7. The van der Waals surface area contributed by atoms with E-state index in [0.717, 1.165) is 16.9 Å². The van der Waals surface area contributed by atoms with E-state index in [4.69, 9.17) is 15.0 Å². The van der Waals surface area contributed by atoms with E-state index in [1.165, 1.54) is 12.1 Å². The van der Waals surface area contributed by atoms with Crippen molar-refractivity contribution in [3.8, 4) is 0 Å². The maximum Gasteiger partial charge on any atom is 0.323 e. The van der Waals surface area contributed by atoms with E-state index in [1.807, 2.05) is 43.5 Å². The monoisotopic (exact) mass is 411 g/mol. The van der Waals surface area contributed by atoms with Crippen molar-refractivity contribution in [1.82, 2.24) is 0 Å². The maximum atomic E-state index is 11.5. The number of rotatable bonds is 7. The van der Waals surface area contributed by atoms with E-state index in [0.29, 0.717) is 13.0 Å². The highest BCUT2D eigenvalue weighted by molar-refractivity contribution is 7.98. The summed E-state index contributed by atoms with van der Waals surface area (Å²) in [5.74, 6) is 0.555. The van der Waals surface area contributed by atoms with Gasteiger partial charge in [0, 0.05) is 0 Å². The number of hydrogen-bond donors (Lipinski definition) is 2. The van der Waals surface area contributed by atoms with Gasteiger partial charge in [-0.2, -0.15) is 20.2 Å². The van der Waals surface area contributed by atoms with Gasteiger partial charge in [0.05, 0.1) is 4.90 Å². The zero-order chi connectivity index (χ0) is 20.3. The quantitative estimate of drug-likeness (QED) is 0.533. The molecule has 148 valence electrons. The van der Waals surface area contributed by atoms with Gasteiger partial charge >= 0.3 is 5.97 Å². The molecule has 0 radical (unpaired) electrons. The van der Waals surface area contributed by atoms with Gasteiger partial charge in [-0.25, -0.2) is 0 Å². The minimum Gasteiger partial charge on any atom is -0.460 e. The first-order valence-corrected chi connectivity index (χ1v) is 11.1. The van der Waals surface area contributed by atoms with Crippen LogP contribution in [0.2, 0.25) is 0 Å². The van der Waals surface area contributed by atoms with Crippen molar-refractivity contribution in [2.75, 3.05) is 12.0 Å². The number of benzene rings is 2. The molecule has 27 heavy (non-hydrogen) atoms. The van der Waals surface area contributed by atoms with Gasteiger partial charge in [0.2, 0.25) is 0 Å². The third-order valence-corrected chi connectivity index (χ3v) is 4.99. The maximum absolute atomic E-state index is 11.5. The van der Waals surface area contributed by atoms with Gasteiger partial charge in [-0.1, -0.05) is 48.0 Å². The Morgan fingerprint density at radius 1 is 1.15 bits per heavy atom. The molecule has 2 aromatic rings. The molecule has 0 unspecified atom stereocenters. The van der Waals surface area contributed by atoms with E-state index in [-0.39, 0.29) is 10.9 Å². The molecule has 0 bridgehead atoms. The van der Waals surface area contributed by atoms with E-state index in [9.17, 15) is 13.2 Å². The minimum atomic E-state index is -4.02. The van der Waals surface area contributed by atoms with E-state index >= 15 is 0 Å². The fraction of sp³-hybridized carbons (Fsp3) is 0.316. The number of aryl methyl sites for hydroxylation is 1. The van der Waals surface area contributed by atoms with E-state index in [1.54, 1.807) is 23.9 Å². The SMILES string of the molecule is CSCC[C@H](N)C(=O)OCc1ccccc1.Cc1ccc(S(=O)(=O)O)cc1. The third-order valence-electron chi connectivity index (χ3n) is 3.48. The molecule has 0 saturated heterocycles. The zero-order valence-electron chi connectivity index (χ0n) is 15.4. The minimum absolute atomic E-state index is 0.0666. The zero-order valence-corrected chi connectivity index (χ0v) is 17.0.